The zero-order chi connectivity index (χ0) is 22.1. The van der Waals surface area contributed by atoms with Gasteiger partial charge < -0.3 is 20.7 Å². The summed E-state index contributed by atoms with van der Waals surface area (Å²) >= 11 is 1.73. The third-order valence-corrected chi connectivity index (χ3v) is 5.23. The fourth-order valence-corrected chi connectivity index (χ4v) is 3.85. The number of hydrogen-bond donors (Lipinski definition) is 3. The van der Waals surface area contributed by atoms with Gasteiger partial charge in [0.1, 0.15) is 5.82 Å². The molecule has 0 saturated carbocycles. The van der Waals surface area contributed by atoms with Crippen molar-refractivity contribution >= 4 is 50.9 Å². The van der Waals surface area contributed by atoms with Crippen molar-refractivity contribution < 1.29 is 23.1 Å². The number of nitrogens with one attached hydrogen (secondary N) is 1. The number of rotatable bonds is 3. The molecule has 0 amide bonds. The Morgan fingerprint density at radius 3 is 2.57 bits per heavy atom. The highest BCUT2D eigenvalue weighted by molar-refractivity contribution is 7.13. The number of nitrogen functional groups attached to an aromatic ring is 1. The van der Waals surface area contributed by atoms with E-state index in [9.17, 15) is 13.2 Å². The zero-order valence-electron chi connectivity index (χ0n) is 16.0. The third kappa shape index (κ3) is 4.01. The molecule has 11 heteroatoms. The summed E-state index contributed by atoms with van der Waals surface area (Å²) in [4.78, 5) is 18.9. The number of aromatic nitrogens is 3. The molecule has 158 valence electrons. The Morgan fingerprint density at radius 2 is 2.03 bits per heavy atom. The van der Waals surface area contributed by atoms with E-state index in [0.717, 1.165) is 28.7 Å². The van der Waals surface area contributed by atoms with Crippen molar-refractivity contribution in [3.8, 4) is 10.4 Å². The van der Waals surface area contributed by atoms with Crippen LogP contribution in [-0.2, 0) is 11.3 Å². The SMILES string of the molecule is CCn1ccc2c3c(NC)nc(N)nc3cc(-c3cccs3)c21.O=C(O)C(F)(F)F. The number of benzene rings is 1. The van der Waals surface area contributed by atoms with Gasteiger partial charge in [-0.25, -0.2) is 9.78 Å². The first-order valence-electron chi connectivity index (χ1n) is 8.78. The summed E-state index contributed by atoms with van der Waals surface area (Å²) in [6, 6.07) is 8.47. The van der Waals surface area contributed by atoms with Crippen LogP contribution in [-0.4, -0.2) is 38.8 Å². The Bertz CT molecular complexity index is 1200. The van der Waals surface area contributed by atoms with E-state index >= 15 is 0 Å². The maximum Gasteiger partial charge on any atom is 0.490 e. The van der Waals surface area contributed by atoms with E-state index in [4.69, 9.17) is 15.6 Å². The van der Waals surface area contributed by atoms with Crippen LogP contribution in [0.15, 0.2) is 35.8 Å². The predicted molar refractivity (Wildman–Crippen MR) is 112 cm³/mol. The Hall–Kier alpha value is -3.34. The maximum absolute atomic E-state index is 10.6. The third-order valence-electron chi connectivity index (χ3n) is 4.33. The summed E-state index contributed by atoms with van der Waals surface area (Å²) < 4.78 is 34.0. The molecule has 4 aromatic rings. The minimum Gasteiger partial charge on any atom is -0.475 e. The van der Waals surface area contributed by atoms with Crippen LogP contribution in [0, 0.1) is 0 Å². The molecule has 4 rings (SSSR count). The number of carbonyl (C=O) groups is 1. The highest BCUT2D eigenvalue weighted by atomic mass is 32.1. The molecule has 0 aliphatic heterocycles. The van der Waals surface area contributed by atoms with Gasteiger partial charge >= 0.3 is 12.1 Å². The standard InChI is InChI=1S/C17H17N5S.C2HF3O2/c1-3-22-7-6-10-14-12(20-17(18)21-16(14)19-2)9-11(15(10)22)13-5-4-8-23-13;3-2(4,5)1(6)7/h4-9H,3H2,1-2H3,(H3,18,19,20,21);(H,6,7). The lowest BCUT2D eigenvalue weighted by Crippen LogP contribution is -2.21. The highest BCUT2D eigenvalue weighted by Gasteiger charge is 2.38. The van der Waals surface area contributed by atoms with Crippen molar-refractivity contribution in [1.29, 1.82) is 0 Å². The van der Waals surface area contributed by atoms with E-state index in [0.29, 0.717) is 0 Å². The van der Waals surface area contributed by atoms with E-state index in [1.807, 2.05) is 7.05 Å². The molecule has 0 spiro atoms. The summed E-state index contributed by atoms with van der Waals surface area (Å²) in [5.41, 5.74) is 9.15. The Morgan fingerprint density at radius 1 is 1.33 bits per heavy atom. The Balaban J connectivity index is 0.000000318. The van der Waals surface area contributed by atoms with Gasteiger partial charge in [-0.15, -0.1) is 11.3 Å². The monoisotopic (exact) mass is 437 g/mol. The van der Waals surface area contributed by atoms with Gasteiger partial charge in [-0.05, 0) is 30.5 Å². The number of nitrogens with zero attached hydrogens (tertiary/aromatic N) is 3. The lowest BCUT2D eigenvalue weighted by molar-refractivity contribution is -0.192. The molecule has 0 aliphatic rings. The molecule has 7 nitrogen and oxygen atoms in total. The van der Waals surface area contributed by atoms with Crippen molar-refractivity contribution in [3.05, 3.63) is 35.8 Å². The number of nitrogens with two attached hydrogens (primary N) is 1. The zero-order valence-corrected chi connectivity index (χ0v) is 16.8. The molecule has 0 fully saturated rings. The van der Waals surface area contributed by atoms with E-state index < -0.39 is 12.1 Å². The Kier molecular flexibility index (Phi) is 5.83. The molecule has 3 aromatic heterocycles. The molecule has 4 N–H and O–H groups in total. The van der Waals surface area contributed by atoms with Crippen molar-refractivity contribution in [2.24, 2.45) is 0 Å². The minimum absolute atomic E-state index is 0.285. The van der Waals surface area contributed by atoms with Crippen LogP contribution in [0.1, 0.15) is 6.92 Å². The number of fused-ring (bicyclic) bond motifs is 3. The largest absolute Gasteiger partial charge is 0.490 e. The molecule has 0 aliphatic carbocycles. The number of aryl methyl sites for hydroxylation is 1. The summed E-state index contributed by atoms with van der Waals surface area (Å²) in [5, 5.41) is 14.5. The topological polar surface area (TPSA) is 106 Å². The molecule has 0 unspecified atom stereocenters. The fraction of sp³-hybridized carbons (Fsp3) is 0.211. The van der Waals surface area contributed by atoms with Crippen LogP contribution in [0.3, 0.4) is 0 Å². The number of thiophene rings is 1. The molecule has 0 bridgehead atoms. The van der Waals surface area contributed by atoms with Gasteiger partial charge in [-0.3, -0.25) is 0 Å². The van der Waals surface area contributed by atoms with Gasteiger partial charge in [0.25, 0.3) is 0 Å². The van der Waals surface area contributed by atoms with Crippen molar-refractivity contribution in [1.82, 2.24) is 14.5 Å². The van der Waals surface area contributed by atoms with Gasteiger partial charge in [0.2, 0.25) is 5.95 Å². The van der Waals surface area contributed by atoms with Crippen molar-refractivity contribution in [2.45, 2.75) is 19.6 Å². The number of aliphatic carboxylic acids is 1. The Labute approximate surface area is 173 Å². The van der Waals surface area contributed by atoms with Gasteiger partial charge in [-0.2, -0.15) is 18.2 Å². The van der Waals surface area contributed by atoms with Crippen LogP contribution in [0.5, 0.6) is 0 Å². The number of halogens is 3. The lowest BCUT2D eigenvalue weighted by atomic mass is 10.0. The summed E-state index contributed by atoms with van der Waals surface area (Å²) in [6.45, 7) is 3.07. The molecule has 0 atom stereocenters. The molecule has 30 heavy (non-hydrogen) atoms. The van der Waals surface area contributed by atoms with Gasteiger partial charge in [0.05, 0.1) is 16.4 Å². The van der Waals surface area contributed by atoms with E-state index in [1.165, 1.54) is 16.0 Å². The van der Waals surface area contributed by atoms with Crippen molar-refractivity contribution in [3.63, 3.8) is 0 Å². The molecular weight excluding hydrogens is 419 g/mol. The molecule has 0 radical (unpaired) electrons. The lowest BCUT2D eigenvalue weighted by Gasteiger charge is -2.12. The van der Waals surface area contributed by atoms with Gasteiger partial charge in [0.15, 0.2) is 0 Å². The quantitative estimate of drug-likeness (QED) is 0.433. The molecule has 1 aromatic carbocycles. The summed E-state index contributed by atoms with van der Waals surface area (Å²) in [7, 11) is 1.86. The van der Waals surface area contributed by atoms with E-state index in [-0.39, 0.29) is 5.95 Å². The van der Waals surface area contributed by atoms with Gasteiger partial charge in [-0.1, -0.05) is 6.07 Å². The van der Waals surface area contributed by atoms with Crippen LogP contribution in [0.4, 0.5) is 24.9 Å². The van der Waals surface area contributed by atoms with Crippen LogP contribution < -0.4 is 11.1 Å². The molecular formula is C19H18F3N5O2S. The number of carboxylic acid groups (broad SMARTS) is 1. The smallest absolute Gasteiger partial charge is 0.475 e. The average Bonchev–Trinajstić information content (AvgIpc) is 3.36. The second-order valence-electron chi connectivity index (χ2n) is 6.14. The van der Waals surface area contributed by atoms with Crippen molar-refractivity contribution in [2.75, 3.05) is 18.1 Å². The first kappa shape index (κ1) is 21.4. The molecule has 0 saturated heterocycles. The van der Waals surface area contributed by atoms with E-state index in [2.05, 4.69) is 62.6 Å². The number of alkyl halides is 3. The van der Waals surface area contributed by atoms with Crippen LogP contribution >= 0.6 is 11.3 Å². The first-order valence-corrected chi connectivity index (χ1v) is 9.66. The normalized spacial score (nSPS) is 11.4. The fourth-order valence-electron chi connectivity index (χ4n) is 3.11. The molecule has 3 heterocycles. The number of hydrogen-bond acceptors (Lipinski definition) is 6. The maximum atomic E-state index is 10.6. The average molecular weight is 437 g/mol. The summed E-state index contributed by atoms with van der Waals surface area (Å²) in [5.74, 6) is -1.70. The van der Waals surface area contributed by atoms with Crippen LogP contribution in [0.2, 0.25) is 0 Å². The second kappa shape index (κ2) is 8.19. The minimum atomic E-state index is -5.08. The summed E-state index contributed by atoms with van der Waals surface area (Å²) in [6.07, 6.45) is -2.96. The van der Waals surface area contributed by atoms with E-state index in [1.54, 1.807) is 11.3 Å². The number of anilines is 2. The predicted octanol–water partition coefficient (Wildman–Crippen LogP) is 4.59. The first-order chi connectivity index (χ1) is 14.2. The van der Waals surface area contributed by atoms with Gasteiger partial charge in [0, 0.05) is 35.6 Å². The highest BCUT2D eigenvalue weighted by Crippen LogP contribution is 2.39. The second-order valence-corrected chi connectivity index (χ2v) is 7.09. The van der Waals surface area contributed by atoms with Crippen LogP contribution in [0.25, 0.3) is 32.2 Å². The number of carboxylic acids is 1.